The summed E-state index contributed by atoms with van der Waals surface area (Å²) in [5.41, 5.74) is 2.51. The number of carbonyl (C=O) groups is 3. The Bertz CT molecular complexity index is 1410. The first kappa shape index (κ1) is 21.5. The molecule has 3 aliphatic rings. The predicted molar refractivity (Wildman–Crippen MR) is 130 cm³/mol. The first-order valence-corrected chi connectivity index (χ1v) is 12.2. The zero-order chi connectivity index (χ0) is 24.1. The lowest BCUT2D eigenvalue weighted by atomic mass is 9.94. The molecule has 0 N–H and O–H groups in total. The molecule has 0 bridgehead atoms. The summed E-state index contributed by atoms with van der Waals surface area (Å²) >= 11 is 1.31. The molecule has 0 spiro atoms. The van der Waals surface area contributed by atoms with Gasteiger partial charge in [-0.05, 0) is 17.7 Å². The molecule has 176 valence electrons. The Morgan fingerprint density at radius 2 is 1.80 bits per heavy atom. The van der Waals surface area contributed by atoms with Gasteiger partial charge in [-0.3, -0.25) is 14.4 Å². The molecule has 35 heavy (non-hydrogen) atoms. The van der Waals surface area contributed by atoms with E-state index < -0.39 is 0 Å². The number of thiophene rings is 1. The van der Waals surface area contributed by atoms with Crippen molar-refractivity contribution >= 4 is 34.4 Å². The summed E-state index contributed by atoms with van der Waals surface area (Å²) in [6.45, 7) is 3.53. The molecule has 2 aliphatic heterocycles. The molecule has 9 heteroatoms. The van der Waals surface area contributed by atoms with Crippen LogP contribution in [-0.4, -0.2) is 70.6 Å². The summed E-state index contributed by atoms with van der Waals surface area (Å²) < 4.78 is 5.58. The third-order valence-electron chi connectivity index (χ3n) is 6.18. The number of aromatic nitrogens is 1. The van der Waals surface area contributed by atoms with Gasteiger partial charge in [0.05, 0.1) is 26.7 Å². The van der Waals surface area contributed by atoms with Gasteiger partial charge < -0.3 is 19.2 Å². The second kappa shape index (κ2) is 8.35. The van der Waals surface area contributed by atoms with Gasteiger partial charge in [0.1, 0.15) is 5.69 Å². The monoisotopic (exact) mass is 486 g/mol. The first-order chi connectivity index (χ1) is 17.0. The minimum atomic E-state index is -0.201. The fraction of sp³-hybridized carbons (Fsp3) is 0.231. The van der Waals surface area contributed by atoms with Crippen molar-refractivity contribution in [2.75, 3.05) is 33.2 Å². The minimum Gasteiger partial charge on any atom is -0.365 e. The maximum absolute atomic E-state index is 13.3. The second-order valence-corrected chi connectivity index (χ2v) is 9.89. The number of amides is 1. The summed E-state index contributed by atoms with van der Waals surface area (Å²) in [6.07, 6.45) is 1.44. The standard InChI is InChI=1S/C26H22N4O4S/c1-28(15-16-5-3-2-4-6-16)26(33)22-8-7-21(35-22)20-13-17(27-34-20)23-24(30-11-12-30)19(31)14-18(25(23)32)29-9-10-29/h2-8,13-14H,9-12,15H2,1H3. The highest BCUT2D eigenvalue weighted by Gasteiger charge is 2.41. The van der Waals surface area contributed by atoms with E-state index in [2.05, 4.69) is 5.16 Å². The Labute approximate surface area is 205 Å². The summed E-state index contributed by atoms with van der Waals surface area (Å²) in [6, 6.07) is 15.1. The zero-order valence-corrected chi connectivity index (χ0v) is 19.9. The van der Waals surface area contributed by atoms with E-state index in [1.165, 1.54) is 17.4 Å². The molecule has 1 aromatic carbocycles. The molecule has 6 rings (SSSR count). The van der Waals surface area contributed by atoms with Gasteiger partial charge in [0, 0.05) is 51.9 Å². The van der Waals surface area contributed by atoms with Crippen molar-refractivity contribution in [3.63, 3.8) is 0 Å². The molecule has 0 radical (unpaired) electrons. The third kappa shape index (κ3) is 4.08. The maximum Gasteiger partial charge on any atom is 0.263 e. The van der Waals surface area contributed by atoms with Crippen molar-refractivity contribution in [1.82, 2.24) is 19.9 Å². The molecule has 3 aromatic rings. The number of Topliss-reactive ketones (excluding diaryl/α,β-unsaturated/α-hetero) is 1. The number of carbonyl (C=O) groups excluding carboxylic acids is 3. The molecular weight excluding hydrogens is 464 g/mol. The number of nitrogens with zero attached hydrogens (tertiary/aromatic N) is 4. The van der Waals surface area contributed by atoms with E-state index in [1.807, 2.05) is 46.2 Å². The van der Waals surface area contributed by atoms with Crippen LogP contribution in [0.15, 0.2) is 70.5 Å². The van der Waals surface area contributed by atoms with E-state index in [4.69, 9.17) is 4.52 Å². The average Bonchev–Trinajstić information content (AvgIpc) is 3.78. The van der Waals surface area contributed by atoms with Crippen LogP contribution in [-0.2, 0) is 16.1 Å². The molecule has 4 heterocycles. The highest BCUT2D eigenvalue weighted by Crippen LogP contribution is 2.37. The zero-order valence-electron chi connectivity index (χ0n) is 19.1. The Morgan fingerprint density at radius 1 is 1.06 bits per heavy atom. The van der Waals surface area contributed by atoms with E-state index in [1.54, 1.807) is 24.1 Å². The van der Waals surface area contributed by atoms with Gasteiger partial charge in [-0.1, -0.05) is 35.5 Å². The van der Waals surface area contributed by atoms with Gasteiger partial charge in [0.25, 0.3) is 5.91 Å². The van der Waals surface area contributed by atoms with Crippen LogP contribution in [0.4, 0.5) is 0 Å². The van der Waals surface area contributed by atoms with Crippen molar-refractivity contribution in [3.05, 3.63) is 82.1 Å². The molecule has 1 amide bonds. The Hall–Kier alpha value is -3.98. The first-order valence-electron chi connectivity index (χ1n) is 11.4. The van der Waals surface area contributed by atoms with Crippen LogP contribution >= 0.6 is 11.3 Å². The highest BCUT2D eigenvalue weighted by atomic mass is 32.1. The second-order valence-electron chi connectivity index (χ2n) is 8.81. The molecule has 0 unspecified atom stereocenters. The Morgan fingerprint density at radius 3 is 2.51 bits per heavy atom. The molecule has 2 fully saturated rings. The van der Waals surface area contributed by atoms with Crippen LogP contribution in [0, 0.1) is 0 Å². The topological polar surface area (TPSA) is 86.5 Å². The van der Waals surface area contributed by atoms with E-state index in [0.29, 0.717) is 39.8 Å². The Balaban J connectivity index is 1.25. The highest BCUT2D eigenvalue weighted by molar-refractivity contribution is 7.17. The summed E-state index contributed by atoms with van der Waals surface area (Å²) in [5, 5.41) is 4.15. The maximum atomic E-state index is 13.3. The van der Waals surface area contributed by atoms with Crippen molar-refractivity contribution < 1.29 is 18.9 Å². The Kier molecular flexibility index (Phi) is 5.14. The number of rotatable bonds is 7. The summed E-state index contributed by atoms with van der Waals surface area (Å²) in [7, 11) is 1.77. The average molecular weight is 487 g/mol. The van der Waals surface area contributed by atoms with Crippen molar-refractivity contribution in [2.24, 2.45) is 0 Å². The van der Waals surface area contributed by atoms with Gasteiger partial charge in [0.15, 0.2) is 5.76 Å². The van der Waals surface area contributed by atoms with E-state index in [9.17, 15) is 14.4 Å². The molecule has 2 saturated heterocycles. The van der Waals surface area contributed by atoms with Gasteiger partial charge in [-0.25, -0.2) is 0 Å². The van der Waals surface area contributed by atoms with Gasteiger partial charge in [0.2, 0.25) is 11.6 Å². The number of benzene rings is 1. The van der Waals surface area contributed by atoms with E-state index >= 15 is 0 Å². The lowest BCUT2D eigenvalue weighted by Crippen LogP contribution is -2.25. The van der Waals surface area contributed by atoms with Crippen molar-refractivity contribution in [1.29, 1.82) is 0 Å². The lowest BCUT2D eigenvalue weighted by molar-refractivity contribution is -0.115. The molecule has 0 atom stereocenters. The summed E-state index contributed by atoms with van der Waals surface area (Å²) in [5.74, 6) is -0.00406. The predicted octanol–water partition coefficient (Wildman–Crippen LogP) is 3.05. The van der Waals surface area contributed by atoms with Crippen molar-refractivity contribution in [2.45, 2.75) is 6.54 Å². The van der Waals surface area contributed by atoms with Crippen LogP contribution in [0.3, 0.4) is 0 Å². The molecule has 0 saturated carbocycles. The molecular formula is C26H22N4O4S. The number of ketones is 2. The van der Waals surface area contributed by atoms with Crippen molar-refractivity contribution in [3.8, 4) is 10.6 Å². The molecule has 2 aromatic heterocycles. The largest absolute Gasteiger partial charge is 0.365 e. The SMILES string of the molecule is CN(Cc1ccccc1)C(=O)c1ccc(-c2cc(C3=C(N4CC4)C(=O)C=C(N4CC4)C3=O)no2)s1. The number of hydrogen-bond donors (Lipinski definition) is 0. The third-order valence-corrected chi connectivity index (χ3v) is 7.27. The van der Waals surface area contributed by atoms with Crippen LogP contribution in [0.5, 0.6) is 0 Å². The van der Waals surface area contributed by atoms with Crippen LogP contribution in [0.2, 0.25) is 0 Å². The summed E-state index contributed by atoms with van der Waals surface area (Å²) in [4.78, 5) is 45.8. The van der Waals surface area contributed by atoms with Crippen LogP contribution in [0.25, 0.3) is 16.2 Å². The normalized spacial score (nSPS) is 17.1. The number of hydrogen-bond acceptors (Lipinski definition) is 8. The minimum absolute atomic E-state index is 0.0855. The quantitative estimate of drug-likeness (QED) is 0.375. The van der Waals surface area contributed by atoms with Gasteiger partial charge >= 0.3 is 0 Å². The van der Waals surface area contributed by atoms with Gasteiger partial charge in [-0.15, -0.1) is 11.3 Å². The number of allylic oxidation sites excluding steroid dienone is 2. The lowest BCUT2D eigenvalue weighted by Gasteiger charge is -2.19. The van der Waals surface area contributed by atoms with Crippen LogP contribution < -0.4 is 0 Å². The van der Waals surface area contributed by atoms with Gasteiger partial charge in [-0.2, -0.15) is 0 Å². The van der Waals surface area contributed by atoms with E-state index in [0.717, 1.165) is 36.6 Å². The fourth-order valence-corrected chi connectivity index (χ4v) is 5.13. The molecule has 8 nitrogen and oxygen atoms in total. The molecule has 1 aliphatic carbocycles. The smallest absolute Gasteiger partial charge is 0.263 e. The fourth-order valence-electron chi connectivity index (χ4n) is 4.18. The van der Waals surface area contributed by atoms with Crippen LogP contribution in [0.1, 0.15) is 20.9 Å². The van der Waals surface area contributed by atoms with E-state index in [-0.39, 0.29) is 17.5 Å².